The van der Waals surface area contributed by atoms with Crippen molar-refractivity contribution < 1.29 is 14.6 Å². The minimum Gasteiger partial charge on any atom is -0.479 e. The molecule has 0 amide bonds. The van der Waals surface area contributed by atoms with Crippen LogP contribution in [0.4, 0.5) is 0 Å². The minimum absolute atomic E-state index is 0.312. The third kappa shape index (κ3) is 4.67. The summed E-state index contributed by atoms with van der Waals surface area (Å²) in [6.45, 7) is 6.36. The molecule has 0 fully saturated rings. The average molecular weight is 271 g/mol. The van der Waals surface area contributed by atoms with E-state index in [1.54, 1.807) is 12.1 Å². The van der Waals surface area contributed by atoms with Gasteiger partial charge in [0.05, 0.1) is 6.61 Å². The Morgan fingerprint density at radius 3 is 2.67 bits per heavy atom. The van der Waals surface area contributed by atoms with Crippen molar-refractivity contribution in [2.24, 2.45) is 5.92 Å². The highest BCUT2D eigenvalue weighted by molar-refractivity contribution is 6.30. The lowest BCUT2D eigenvalue weighted by molar-refractivity contribution is -0.150. The first-order valence-electron chi connectivity index (χ1n) is 5.99. The van der Waals surface area contributed by atoms with Crippen LogP contribution < -0.4 is 0 Å². The van der Waals surface area contributed by atoms with E-state index in [1.165, 1.54) is 0 Å². The van der Waals surface area contributed by atoms with Gasteiger partial charge in [0.15, 0.2) is 6.10 Å². The van der Waals surface area contributed by atoms with E-state index in [9.17, 15) is 4.79 Å². The van der Waals surface area contributed by atoms with Gasteiger partial charge in [-0.15, -0.1) is 0 Å². The molecule has 0 saturated carbocycles. The van der Waals surface area contributed by atoms with Gasteiger partial charge in [0.25, 0.3) is 0 Å². The van der Waals surface area contributed by atoms with Gasteiger partial charge in [0.2, 0.25) is 0 Å². The summed E-state index contributed by atoms with van der Waals surface area (Å²) in [5.74, 6) is -0.623. The first kappa shape index (κ1) is 15.0. The van der Waals surface area contributed by atoms with Crippen molar-refractivity contribution in [3.63, 3.8) is 0 Å². The van der Waals surface area contributed by atoms with Crippen molar-refractivity contribution >= 4 is 17.6 Å². The summed E-state index contributed by atoms with van der Waals surface area (Å²) in [5.41, 5.74) is 1.94. The molecule has 0 aliphatic rings. The highest BCUT2D eigenvalue weighted by Crippen LogP contribution is 2.18. The van der Waals surface area contributed by atoms with Crippen molar-refractivity contribution in [3.05, 3.63) is 34.3 Å². The highest BCUT2D eigenvalue weighted by Gasteiger charge is 2.20. The molecule has 0 saturated heterocycles. The summed E-state index contributed by atoms with van der Waals surface area (Å²) in [5, 5.41) is 9.76. The number of hydrogen-bond acceptors (Lipinski definition) is 2. The van der Waals surface area contributed by atoms with E-state index in [4.69, 9.17) is 21.4 Å². The topological polar surface area (TPSA) is 46.5 Å². The number of benzene rings is 1. The van der Waals surface area contributed by atoms with E-state index < -0.39 is 12.1 Å². The number of carboxylic acids is 1. The van der Waals surface area contributed by atoms with Gasteiger partial charge in [-0.2, -0.15) is 0 Å². The number of carbonyl (C=O) groups is 1. The van der Waals surface area contributed by atoms with Gasteiger partial charge in [-0.3, -0.25) is 0 Å². The van der Waals surface area contributed by atoms with Crippen LogP contribution in [-0.2, 0) is 16.0 Å². The van der Waals surface area contributed by atoms with E-state index in [-0.39, 0.29) is 0 Å². The zero-order valence-electron chi connectivity index (χ0n) is 10.9. The van der Waals surface area contributed by atoms with Crippen molar-refractivity contribution in [3.8, 4) is 0 Å². The zero-order valence-corrected chi connectivity index (χ0v) is 11.7. The first-order chi connectivity index (χ1) is 8.40. The maximum absolute atomic E-state index is 11.2. The van der Waals surface area contributed by atoms with E-state index in [0.29, 0.717) is 24.0 Å². The van der Waals surface area contributed by atoms with Crippen LogP contribution in [0.25, 0.3) is 0 Å². The molecule has 0 aromatic heterocycles. The number of carboxylic acid groups (broad SMARTS) is 1. The second-order valence-corrected chi connectivity index (χ2v) is 5.27. The predicted octanol–water partition coefficient (Wildman–Crippen LogP) is 3.32. The summed E-state index contributed by atoms with van der Waals surface area (Å²) in [4.78, 5) is 11.2. The van der Waals surface area contributed by atoms with Gasteiger partial charge in [0, 0.05) is 11.4 Å². The largest absolute Gasteiger partial charge is 0.479 e. The first-order valence-corrected chi connectivity index (χ1v) is 6.37. The number of aliphatic carboxylic acids is 1. The van der Waals surface area contributed by atoms with Crippen LogP contribution in [0.15, 0.2) is 18.2 Å². The number of aryl methyl sites for hydroxylation is 1. The Kier molecular flexibility index (Phi) is 5.63. The monoisotopic (exact) mass is 270 g/mol. The van der Waals surface area contributed by atoms with Crippen LogP contribution in [0.2, 0.25) is 5.02 Å². The molecule has 0 spiro atoms. The summed E-state index contributed by atoms with van der Waals surface area (Å²) < 4.78 is 5.42. The Morgan fingerprint density at radius 2 is 2.11 bits per heavy atom. The Labute approximate surface area is 113 Å². The number of hydrogen-bond donors (Lipinski definition) is 1. The third-order valence-electron chi connectivity index (χ3n) is 2.62. The molecular weight excluding hydrogens is 252 g/mol. The zero-order chi connectivity index (χ0) is 13.7. The van der Waals surface area contributed by atoms with Crippen molar-refractivity contribution in [2.45, 2.75) is 33.3 Å². The van der Waals surface area contributed by atoms with E-state index in [2.05, 4.69) is 0 Å². The summed E-state index contributed by atoms with van der Waals surface area (Å²) >= 11 is 5.92. The molecule has 0 bridgehead atoms. The van der Waals surface area contributed by atoms with Gasteiger partial charge in [-0.05, 0) is 36.1 Å². The molecule has 1 rings (SSSR count). The molecule has 18 heavy (non-hydrogen) atoms. The fourth-order valence-corrected chi connectivity index (χ4v) is 1.78. The fraction of sp³-hybridized carbons (Fsp3) is 0.500. The predicted molar refractivity (Wildman–Crippen MR) is 72.1 cm³/mol. The molecule has 1 N–H and O–H groups in total. The third-order valence-corrected chi connectivity index (χ3v) is 2.86. The lowest BCUT2D eigenvalue weighted by atomic mass is 10.0. The second-order valence-electron chi connectivity index (χ2n) is 4.83. The fourth-order valence-electron chi connectivity index (χ4n) is 1.59. The standard InChI is InChI=1S/C14H19ClO3/c1-9(2)8-18-13(14(16)17)7-11-6-12(15)5-4-10(11)3/h4-6,9,13H,7-8H2,1-3H3,(H,16,17)/t13-/m0/s1. The van der Waals surface area contributed by atoms with E-state index >= 15 is 0 Å². The van der Waals surface area contributed by atoms with Gasteiger partial charge >= 0.3 is 5.97 Å². The second kappa shape index (κ2) is 6.76. The minimum atomic E-state index is -0.935. The number of halogens is 1. The molecule has 4 heteroatoms. The summed E-state index contributed by atoms with van der Waals surface area (Å²) in [6, 6.07) is 5.48. The van der Waals surface area contributed by atoms with Crippen molar-refractivity contribution in [1.29, 1.82) is 0 Å². The highest BCUT2D eigenvalue weighted by atomic mass is 35.5. The van der Waals surface area contributed by atoms with Crippen LogP contribution in [0.1, 0.15) is 25.0 Å². The Balaban J connectivity index is 2.76. The van der Waals surface area contributed by atoms with E-state index in [1.807, 2.05) is 26.8 Å². The van der Waals surface area contributed by atoms with Gasteiger partial charge in [-0.1, -0.05) is 31.5 Å². The Morgan fingerprint density at radius 1 is 1.44 bits per heavy atom. The molecule has 0 aliphatic heterocycles. The quantitative estimate of drug-likeness (QED) is 0.863. The van der Waals surface area contributed by atoms with Gasteiger partial charge < -0.3 is 9.84 Å². The van der Waals surface area contributed by atoms with Crippen LogP contribution in [0.3, 0.4) is 0 Å². The summed E-state index contributed by atoms with van der Waals surface area (Å²) in [7, 11) is 0. The molecular formula is C14H19ClO3. The molecule has 100 valence electrons. The normalized spacial score (nSPS) is 12.7. The summed E-state index contributed by atoms with van der Waals surface area (Å²) in [6.07, 6.45) is -0.474. The molecule has 1 aromatic carbocycles. The van der Waals surface area contributed by atoms with Gasteiger partial charge in [0.1, 0.15) is 0 Å². The molecule has 0 unspecified atom stereocenters. The molecule has 1 atom stereocenters. The number of rotatable bonds is 6. The lowest BCUT2D eigenvalue weighted by Crippen LogP contribution is -2.28. The van der Waals surface area contributed by atoms with Crippen LogP contribution in [0.5, 0.6) is 0 Å². The molecule has 0 aliphatic carbocycles. The van der Waals surface area contributed by atoms with Crippen LogP contribution >= 0.6 is 11.6 Å². The van der Waals surface area contributed by atoms with Crippen molar-refractivity contribution in [1.82, 2.24) is 0 Å². The molecule has 3 nitrogen and oxygen atoms in total. The van der Waals surface area contributed by atoms with Crippen LogP contribution in [0, 0.1) is 12.8 Å². The van der Waals surface area contributed by atoms with Crippen molar-refractivity contribution in [2.75, 3.05) is 6.61 Å². The van der Waals surface area contributed by atoms with E-state index in [0.717, 1.165) is 11.1 Å². The molecule has 0 heterocycles. The van der Waals surface area contributed by atoms with Crippen LogP contribution in [-0.4, -0.2) is 23.8 Å². The molecule has 0 radical (unpaired) electrons. The SMILES string of the molecule is Cc1ccc(Cl)cc1C[C@H](OCC(C)C)C(=O)O. The number of ether oxygens (including phenoxy) is 1. The molecule has 1 aromatic rings. The maximum atomic E-state index is 11.2. The van der Waals surface area contributed by atoms with Gasteiger partial charge in [-0.25, -0.2) is 4.79 Å². The lowest BCUT2D eigenvalue weighted by Gasteiger charge is -2.16. The maximum Gasteiger partial charge on any atom is 0.333 e. The smallest absolute Gasteiger partial charge is 0.333 e. The average Bonchev–Trinajstić information content (AvgIpc) is 2.28. The Bertz CT molecular complexity index is 416. The Hall–Kier alpha value is -1.06.